The molecular formula is C23H30F2N3O7PS. The number of nitrogens with two attached hydrogens (primary N) is 1. The first-order valence-electron chi connectivity index (χ1n) is 11.5. The summed E-state index contributed by atoms with van der Waals surface area (Å²) in [4.78, 5) is 16.2. The molecule has 10 nitrogen and oxygen atoms in total. The second-order valence-electron chi connectivity index (χ2n) is 8.95. The van der Waals surface area contributed by atoms with E-state index in [9.17, 15) is 18.9 Å². The van der Waals surface area contributed by atoms with Crippen LogP contribution in [0.25, 0.3) is 0 Å². The quantitative estimate of drug-likeness (QED) is 0.235. The van der Waals surface area contributed by atoms with E-state index in [-0.39, 0.29) is 22.5 Å². The summed E-state index contributed by atoms with van der Waals surface area (Å²) in [6, 6.07) is 9.40. The van der Waals surface area contributed by atoms with Crippen LogP contribution in [0.3, 0.4) is 0 Å². The predicted octanol–water partition coefficient (Wildman–Crippen LogP) is 4.01. The Morgan fingerprint density at radius 1 is 1.32 bits per heavy atom. The average Bonchev–Trinajstić information content (AvgIpc) is 3.08. The molecule has 1 aliphatic rings. The maximum absolute atomic E-state index is 15.6. The molecule has 37 heavy (non-hydrogen) atoms. The summed E-state index contributed by atoms with van der Waals surface area (Å²) in [6.45, 7) is 2.59. The zero-order valence-corrected chi connectivity index (χ0v) is 22.2. The molecule has 0 saturated carbocycles. The van der Waals surface area contributed by atoms with Gasteiger partial charge in [0.15, 0.2) is 6.23 Å². The third-order valence-corrected chi connectivity index (χ3v) is 7.87. The van der Waals surface area contributed by atoms with Gasteiger partial charge in [-0.3, -0.25) is 13.9 Å². The van der Waals surface area contributed by atoms with Crippen LogP contribution >= 0.6 is 19.8 Å². The Morgan fingerprint density at radius 3 is 2.59 bits per heavy atom. The molecule has 1 aliphatic heterocycles. The van der Waals surface area contributed by atoms with E-state index in [1.165, 1.54) is 31.3 Å². The zero-order chi connectivity index (χ0) is 27.4. The number of carbonyl (C=O) groups excluding carboxylic acids is 1. The number of aliphatic hydroxyl groups excluding tert-OH is 1. The van der Waals surface area contributed by atoms with Crippen LogP contribution in [-0.4, -0.2) is 64.1 Å². The number of carbonyl (C=O) groups is 1. The lowest BCUT2D eigenvalue weighted by Gasteiger charge is -2.26. The summed E-state index contributed by atoms with van der Waals surface area (Å²) in [5.41, 5.74) is 2.67. The molecular weight excluding hydrogens is 531 g/mol. The van der Waals surface area contributed by atoms with Crippen molar-refractivity contribution < 1.29 is 41.8 Å². The van der Waals surface area contributed by atoms with Gasteiger partial charge in [-0.15, -0.1) is 0 Å². The number of rotatable bonds is 11. The molecule has 3 N–H and O–H groups in total. The van der Waals surface area contributed by atoms with Crippen molar-refractivity contribution in [3.8, 4) is 5.75 Å². The number of ether oxygens (including phenoxy) is 2. The van der Waals surface area contributed by atoms with Crippen LogP contribution in [-0.2, 0) is 23.4 Å². The summed E-state index contributed by atoms with van der Waals surface area (Å²) < 4.78 is 66.0. The van der Waals surface area contributed by atoms with Gasteiger partial charge in [0.2, 0.25) is 10.4 Å². The molecule has 0 aliphatic carbocycles. The highest BCUT2D eigenvalue weighted by molar-refractivity contribution is 7.71. The number of hydrogen-bond donors (Lipinski definition) is 2. The lowest BCUT2D eigenvalue weighted by molar-refractivity contribution is -0.151. The van der Waals surface area contributed by atoms with Crippen LogP contribution in [0.5, 0.6) is 5.75 Å². The van der Waals surface area contributed by atoms with Gasteiger partial charge in [0.05, 0.1) is 24.8 Å². The topological polar surface area (TPSA) is 135 Å². The maximum Gasteiger partial charge on any atom is 0.380 e. The highest BCUT2D eigenvalue weighted by Crippen LogP contribution is 2.51. The molecule has 2 aromatic rings. The van der Waals surface area contributed by atoms with Gasteiger partial charge in [-0.2, -0.15) is 0 Å². The molecule has 3 rings (SSSR count). The second kappa shape index (κ2) is 12.0. The van der Waals surface area contributed by atoms with Crippen LogP contribution < -0.4 is 10.3 Å². The molecule has 0 amide bonds. The van der Waals surface area contributed by atoms with E-state index in [2.05, 4.69) is 4.98 Å². The molecule has 0 bridgehead atoms. The highest BCUT2D eigenvalue weighted by atomic mass is 32.1. The van der Waals surface area contributed by atoms with Crippen molar-refractivity contribution in [3.63, 3.8) is 0 Å². The Bertz CT molecular complexity index is 1190. The number of esters is 1. The lowest BCUT2D eigenvalue weighted by atomic mass is 9.97. The van der Waals surface area contributed by atoms with Crippen LogP contribution in [0, 0.1) is 10.7 Å². The number of nitrogen functional groups attached to an aromatic ring is 1. The van der Waals surface area contributed by atoms with Crippen LogP contribution in [0.15, 0.2) is 42.6 Å². The standard InChI is InChI=1S/C23H30F2N3O7PS/c1-14(2)33-20(30)15(3)12-36(31,35-16-7-5-4-6-8-16)32-11-17-19(29)23(25,13-24)21(34-17)28-10-9-18(26)27-22(28)37/h4-10,14-15,17,19,21,29H,11-13H2,1-3H3,(H2,26,27,37)/t15-,17-,19+,21-,23?,36?/m1/s1. The highest BCUT2D eigenvalue weighted by Gasteiger charge is 2.59. The minimum absolute atomic E-state index is 0.0634. The van der Waals surface area contributed by atoms with E-state index in [1.807, 2.05) is 0 Å². The second-order valence-corrected chi connectivity index (χ2v) is 11.3. The van der Waals surface area contributed by atoms with E-state index < -0.39 is 63.0 Å². The SMILES string of the molecule is CC(C)OC(=O)[C@H](C)CP(=O)(OC[C@H]1O[C@@H](n2ccc(N)nc2=S)C(F)(CF)[C@H]1O)Oc1ccccc1. The van der Waals surface area contributed by atoms with Crippen LogP contribution in [0.2, 0.25) is 0 Å². The smallest absolute Gasteiger partial charge is 0.380 e. The summed E-state index contributed by atoms with van der Waals surface area (Å²) in [7, 11) is -4.10. The third-order valence-electron chi connectivity index (χ3n) is 5.54. The molecule has 14 heteroatoms. The Labute approximate surface area is 218 Å². The first-order valence-corrected chi connectivity index (χ1v) is 13.6. The monoisotopic (exact) mass is 561 g/mol. The Morgan fingerprint density at radius 2 is 2.00 bits per heavy atom. The van der Waals surface area contributed by atoms with Crippen molar-refractivity contribution in [1.82, 2.24) is 9.55 Å². The summed E-state index contributed by atoms with van der Waals surface area (Å²) in [6.07, 6.45) is -4.68. The molecule has 1 aromatic heterocycles. The molecule has 2 unspecified atom stereocenters. The van der Waals surface area contributed by atoms with Gasteiger partial charge >= 0.3 is 13.6 Å². The number of aliphatic hydroxyl groups is 1. The first kappa shape index (κ1) is 29.1. The van der Waals surface area contributed by atoms with E-state index in [4.69, 9.17) is 36.5 Å². The van der Waals surface area contributed by atoms with Crippen molar-refractivity contribution in [2.45, 2.75) is 51.0 Å². The number of aromatic nitrogens is 2. The fourth-order valence-corrected chi connectivity index (χ4v) is 5.82. The van der Waals surface area contributed by atoms with Crippen molar-refractivity contribution in [2.24, 2.45) is 5.92 Å². The van der Waals surface area contributed by atoms with E-state index >= 15 is 4.39 Å². The molecule has 2 heterocycles. The number of nitrogens with zero attached hydrogens (tertiary/aromatic N) is 2. The maximum atomic E-state index is 15.6. The molecule has 0 radical (unpaired) electrons. The van der Waals surface area contributed by atoms with E-state index in [1.54, 1.807) is 32.0 Å². The minimum atomic E-state index is -4.10. The van der Waals surface area contributed by atoms with Crippen molar-refractivity contribution >= 4 is 31.6 Å². The summed E-state index contributed by atoms with van der Waals surface area (Å²) in [5, 5.41) is 10.6. The van der Waals surface area contributed by atoms with Crippen molar-refractivity contribution in [3.05, 3.63) is 47.4 Å². The van der Waals surface area contributed by atoms with Crippen LogP contribution in [0.1, 0.15) is 27.0 Å². The van der Waals surface area contributed by atoms with Crippen LogP contribution in [0.4, 0.5) is 14.6 Å². The Balaban J connectivity index is 1.82. The summed E-state index contributed by atoms with van der Waals surface area (Å²) in [5.74, 6) is -1.24. The molecule has 204 valence electrons. The van der Waals surface area contributed by atoms with Gasteiger partial charge in [0, 0.05) is 6.20 Å². The number of alkyl halides is 2. The predicted molar refractivity (Wildman–Crippen MR) is 133 cm³/mol. The van der Waals surface area contributed by atoms with Crippen molar-refractivity contribution in [2.75, 3.05) is 25.2 Å². The Kier molecular flexibility index (Phi) is 9.41. The molecule has 6 atom stereocenters. The number of benzene rings is 1. The fourth-order valence-electron chi connectivity index (χ4n) is 3.69. The molecule has 1 aromatic carbocycles. The van der Waals surface area contributed by atoms with Gasteiger partial charge in [-0.1, -0.05) is 25.1 Å². The van der Waals surface area contributed by atoms with Gasteiger partial charge < -0.3 is 24.8 Å². The van der Waals surface area contributed by atoms with Gasteiger partial charge in [-0.05, 0) is 44.3 Å². The molecule has 1 saturated heterocycles. The number of hydrogen-bond acceptors (Lipinski definition) is 10. The molecule has 1 fully saturated rings. The fraction of sp³-hybridized carbons (Fsp3) is 0.522. The van der Waals surface area contributed by atoms with E-state index in [0.717, 1.165) is 4.57 Å². The van der Waals surface area contributed by atoms with Gasteiger partial charge in [0.1, 0.15) is 30.4 Å². The van der Waals surface area contributed by atoms with Gasteiger partial charge in [-0.25, -0.2) is 18.3 Å². The molecule has 0 spiro atoms. The number of halogens is 2. The number of para-hydroxylation sites is 1. The first-order chi connectivity index (χ1) is 17.4. The summed E-state index contributed by atoms with van der Waals surface area (Å²) >= 11 is 5.08. The van der Waals surface area contributed by atoms with Crippen molar-refractivity contribution in [1.29, 1.82) is 0 Å². The third kappa shape index (κ3) is 6.91. The zero-order valence-electron chi connectivity index (χ0n) is 20.5. The Hall–Kier alpha value is -2.44. The van der Waals surface area contributed by atoms with Gasteiger partial charge in [0.25, 0.3) is 0 Å². The minimum Gasteiger partial charge on any atom is -0.463 e. The number of anilines is 1. The lowest BCUT2D eigenvalue weighted by Crippen LogP contribution is -2.45. The average molecular weight is 562 g/mol. The largest absolute Gasteiger partial charge is 0.463 e. The normalized spacial score (nSPS) is 26.0. The van der Waals surface area contributed by atoms with E-state index in [0.29, 0.717) is 0 Å².